The van der Waals surface area contributed by atoms with Crippen molar-refractivity contribution in [2.45, 2.75) is 58.1 Å². The summed E-state index contributed by atoms with van der Waals surface area (Å²) >= 11 is 0. The highest BCUT2D eigenvalue weighted by atomic mass is 16.3. The molecule has 0 radical (unpaired) electrons. The number of benzene rings is 1. The molecule has 3 nitrogen and oxygen atoms in total. The predicted octanol–water partition coefficient (Wildman–Crippen LogP) is 3.54. The number of hydrogen-bond donors (Lipinski definition) is 1. The molecular formula is C18H24N2O. The van der Waals surface area contributed by atoms with E-state index >= 15 is 0 Å². The highest BCUT2D eigenvalue weighted by Gasteiger charge is 2.37. The molecule has 0 bridgehead atoms. The normalized spacial score (nSPS) is 24.9. The van der Waals surface area contributed by atoms with Crippen molar-refractivity contribution >= 4 is 0 Å². The molecule has 3 heteroatoms. The zero-order valence-corrected chi connectivity index (χ0v) is 13.1. The Bertz CT molecular complexity index is 646. The van der Waals surface area contributed by atoms with E-state index in [1.165, 1.54) is 5.56 Å². The van der Waals surface area contributed by atoms with Gasteiger partial charge in [0.2, 0.25) is 0 Å². The molecule has 0 spiro atoms. The van der Waals surface area contributed by atoms with Crippen LogP contribution in [0.1, 0.15) is 55.1 Å². The van der Waals surface area contributed by atoms with Gasteiger partial charge in [-0.05, 0) is 49.8 Å². The fourth-order valence-electron chi connectivity index (χ4n) is 3.59. The van der Waals surface area contributed by atoms with Gasteiger partial charge >= 0.3 is 0 Å². The van der Waals surface area contributed by atoms with Crippen LogP contribution in [0.15, 0.2) is 30.3 Å². The van der Waals surface area contributed by atoms with Crippen LogP contribution in [0.3, 0.4) is 0 Å². The van der Waals surface area contributed by atoms with Gasteiger partial charge in [0.25, 0.3) is 0 Å². The first-order valence-electron chi connectivity index (χ1n) is 7.88. The first-order chi connectivity index (χ1) is 10.0. The Balaban J connectivity index is 2.00. The van der Waals surface area contributed by atoms with Crippen molar-refractivity contribution in [3.05, 3.63) is 52.8 Å². The second-order valence-electron chi connectivity index (χ2n) is 6.33. The Morgan fingerprint density at radius 2 is 2.14 bits per heavy atom. The van der Waals surface area contributed by atoms with E-state index < -0.39 is 5.60 Å². The molecule has 0 aliphatic heterocycles. The van der Waals surface area contributed by atoms with Crippen molar-refractivity contribution in [3.63, 3.8) is 0 Å². The summed E-state index contributed by atoms with van der Waals surface area (Å²) in [6, 6.07) is 10.4. The second-order valence-corrected chi connectivity index (χ2v) is 6.33. The second kappa shape index (κ2) is 5.30. The van der Waals surface area contributed by atoms with Gasteiger partial charge in [-0.3, -0.25) is 4.68 Å². The predicted molar refractivity (Wildman–Crippen MR) is 84.3 cm³/mol. The quantitative estimate of drug-likeness (QED) is 0.936. The molecule has 1 aliphatic rings. The van der Waals surface area contributed by atoms with Crippen molar-refractivity contribution in [1.29, 1.82) is 0 Å². The number of aryl methyl sites for hydroxylation is 2. The van der Waals surface area contributed by atoms with Gasteiger partial charge in [-0.2, -0.15) is 5.10 Å². The third-order valence-corrected chi connectivity index (χ3v) is 4.74. The Hall–Kier alpha value is -1.61. The standard InChI is InChI=1S/C18H24N2O/c1-4-20-15(11-14(3)19-20)12-18(21)10-9-13(2)16-7-5-6-8-17(16)18/h5-8,11,13,21H,4,9-10,12H2,1-3H3. The summed E-state index contributed by atoms with van der Waals surface area (Å²) in [5, 5.41) is 15.8. The van der Waals surface area contributed by atoms with Gasteiger partial charge in [0, 0.05) is 18.7 Å². The van der Waals surface area contributed by atoms with E-state index in [0.29, 0.717) is 12.3 Å². The topological polar surface area (TPSA) is 38.0 Å². The van der Waals surface area contributed by atoms with Gasteiger partial charge in [0.15, 0.2) is 0 Å². The lowest BCUT2D eigenvalue weighted by atomic mass is 9.72. The molecule has 0 saturated carbocycles. The van der Waals surface area contributed by atoms with Gasteiger partial charge in [-0.15, -0.1) is 0 Å². The molecular weight excluding hydrogens is 260 g/mol. The van der Waals surface area contributed by atoms with Crippen LogP contribution >= 0.6 is 0 Å². The van der Waals surface area contributed by atoms with E-state index in [-0.39, 0.29) is 0 Å². The minimum absolute atomic E-state index is 0.527. The zero-order valence-electron chi connectivity index (χ0n) is 13.1. The Morgan fingerprint density at radius 3 is 2.90 bits per heavy atom. The zero-order chi connectivity index (χ0) is 15.0. The molecule has 112 valence electrons. The van der Waals surface area contributed by atoms with Crippen LogP contribution in [0.2, 0.25) is 0 Å². The van der Waals surface area contributed by atoms with E-state index in [0.717, 1.165) is 36.3 Å². The smallest absolute Gasteiger partial charge is 0.0954 e. The molecule has 21 heavy (non-hydrogen) atoms. The lowest BCUT2D eigenvalue weighted by molar-refractivity contribution is 0.0140. The highest BCUT2D eigenvalue weighted by Crippen LogP contribution is 2.42. The van der Waals surface area contributed by atoms with Crippen LogP contribution in [-0.2, 0) is 18.6 Å². The molecule has 2 unspecified atom stereocenters. The van der Waals surface area contributed by atoms with Crippen molar-refractivity contribution in [2.75, 3.05) is 0 Å². The SMILES string of the molecule is CCn1nc(C)cc1CC1(O)CCC(C)c2ccccc21. The van der Waals surface area contributed by atoms with Crippen LogP contribution in [0, 0.1) is 6.92 Å². The lowest BCUT2D eigenvalue weighted by Gasteiger charge is -2.37. The van der Waals surface area contributed by atoms with Gasteiger partial charge < -0.3 is 5.11 Å². The van der Waals surface area contributed by atoms with E-state index in [9.17, 15) is 5.11 Å². The molecule has 0 amide bonds. The summed E-state index contributed by atoms with van der Waals surface area (Å²) in [5.74, 6) is 0.527. The van der Waals surface area contributed by atoms with Gasteiger partial charge in [0.1, 0.15) is 0 Å². The minimum atomic E-state index is -0.761. The number of hydrogen-bond acceptors (Lipinski definition) is 2. The van der Waals surface area contributed by atoms with Crippen molar-refractivity contribution in [3.8, 4) is 0 Å². The van der Waals surface area contributed by atoms with Gasteiger partial charge in [-0.25, -0.2) is 0 Å². The molecule has 1 aromatic heterocycles. The van der Waals surface area contributed by atoms with E-state index in [1.807, 2.05) is 17.7 Å². The average Bonchev–Trinajstić information content (AvgIpc) is 2.83. The lowest BCUT2D eigenvalue weighted by Crippen LogP contribution is -2.34. The maximum atomic E-state index is 11.3. The average molecular weight is 284 g/mol. The number of aromatic nitrogens is 2. The number of nitrogens with zero attached hydrogens (tertiary/aromatic N) is 2. The van der Waals surface area contributed by atoms with E-state index in [4.69, 9.17) is 0 Å². The fourth-order valence-corrected chi connectivity index (χ4v) is 3.59. The third kappa shape index (κ3) is 2.51. The molecule has 0 fully saturated rings. The molecule has 2 aromatic rings. The van der Waals surface area contributed by atoms with Crippen molar-refractivity contribution < 1.29 is 5.11 Å². The first-order valence-corrected chi connectivity index (χ1v) is 7.88. The molecule has 1 aromatic carbocycles. The fraction of sp³-hybridized carbons (Fsp3) is 0.500. The molecule has 1 aliphatic carbocycles. The van der Waals surface area contributed by atoms with Crippen LogP contribution < -0.4 is 0 Å². The summed E-state index contributed by atoms with van der Waals surface area (Å²) in [4.78, 5) is 0. The molecule has 3 rings (SSSR count). The van der Waals surface area contributed by atoms with Crippen molar-refractivity contribution in [2.24, 2.45) is 0 Å². The Labute approximate surface area is 126 Å². The van der Waals surface area contributed by atoms with Crippen LogP contribution in [0.25, 0.3) is 0 Å². The van der Waals surface area contributed by atoms with Crippen LogP contribution in [-0.4, -0.2) is 14.9 Å². The molecule has 2 atom stereocenters. The maximum Gasteiger partial charge on any atom is 0.0954 e. The van der Waals surface area contributed by atoms with Crippen LogP contribution in [0.5, 0.6) is 0 Å². The monoisotopic (exact) mass is 284 g/mol. The summed E-state index contributed by atoms with van der Waals surface area (Å²) in [5.41, 5.74) is 3.79. The Morgan fingerprint density at radius 1 is 1.38 bits per heavy atom. The summed E-state index contributed by atoms with van der Waals surface area (Å²) in [6.07, 6.45) is 2.50. The summed E-state index contributed by atoms with van der Waals surface area (Å²) in [6.45, 7) is 7.20. The summed E-state index contributed by atoms with van der Waals surface area (Å²) in [7, 11) is 0. The largest absolute Gasteiger partial charge is 0.385 e. The minimum Gasteiger partial charge on any atom is -0.385 e. The maximum absolute atomic E-state index is 11.3. The van der Waals surface area contributed by atoms with Gasteiger partial charge in [-0.1, -0.05) is 31.2 Å². The number of aliphatic hydroxyl groups is 1. The van der Waals surface area contributed by atoms with Gasteiger partial charge in [0.05, 0.1) is 11.3 Å². The number of fused-ring (bicyclic) bond motifs is 1. The van der Waals surface area contributed by atoms with Crippen LogP contribution in [0.4, 0.5) is 0 Å². The first kappa shape index (κ1) is 14.3. The Kier molecular flexibility index (Phi) is 3.62. The van der Waals surface area contributed by atoms with E-state index in [1.54, 1.807) is 0 Å². The molecule has 0 saturated heterocycles. The highest BCUT2D eigenvalue weighted by molar-refractivity contribution is 5.38. The van der Waals surface area contributed by atoms with E-state index in [2.05, 4.69) is 43.2 Å². The summed E-state index contributed by atoms with van der Waals surface area (Å²) < 4.78 is 2.01. The number of rotatable bonds is 3. The molecule has 1 heterocycles. The third-order valence-electron chi connectivity index (χ3n) is 4.74. The van der Waals surface area contributed by atoms with Crippen molar-refractivity contribution in [1.82, 2.24) is 9.78 Å². The molecule has 1 N–H and O–H groups in total.